The zero-order valence-corrected chi connectivity index (χ0v) is 12.7. The number of anilines is 1. The maximum Gasteiger partial charge on any atom is 0.339 e. The van der Waals surface area contributed by atoms with E-state index in [0.717, 1.165) is 19.6 Å². The average Bonchev–Trinajstić information content (AvgIpc) is 2.43. The van der Waals surface area contributed by atoms with Gasteiger partial charge in [-0.05, 0) is 25.2 Å². The fourth-order valence-electron chi connectivity index (χ4n) is 1.92. The Hall–Kier alpha value is -2.08. The fraction of sp³-hybridized carbons (Fsp3) is 0.467. The maximum absolute atomic E-state index is 11.2. The number of benzene rings is 1. The Balaban J connectivity index is 2.80. The van der Waals surface area contributed by atoms with Crippen LogP contribution in [0.25, 0.3) is 0 Å². The largest absolute Gasteiger partial charge is 0.491 e. The number of amides is 1. The SMILES string of the molecule is CCN(CC)CCOc1cc(NC(C)=O)ccc1C(=O)O. The normalized spacial score (nSPS) is 10.5. The molecule has 21 heavy (non-hydrogen) atoms. The van der Waals surface area contributed by atoms with Gasteiger partial charge in [0, 0.05) is 25.2 Å². The lowest BCUT2D eigenvalue weighted by molar-refractivity contribution is -0.114. The lowest BCUT2D eigenvalue weighted by Gasteiger charge is -2.18. The summed E-state index contributed by atoms with van der Waals surface area (Å²) in [6.45, 7) is 8.45. The molecule has 0 aromatic heterocycles. The minimum atomic E-state index is -1.05. The number of hydrogen-bond donors (Lipinski definition) is 2. The van der Waals surface area contributed by atoms with Gasteiger partial charge in [-0.3, -0.25) is 4.79 Å². The summed E-state index contributed by atoms with van der Waals surface area (Å²) in [6, 6.07) is 4.51. The zero-order valence-electron chi connectivity index (χ0n) is 12.7. The molecule has 1 aromatic carbocycles. The smallest absolute Gasteiger partial charge is 0.339 e. The molecule has 1 amide bonds. The monoisotopic (exact) mass is 294 g/mol. The van der Waals surface area contributed by atoms with Crippen molar-refractivity contribution in [3.63, 3.8) is 0 Å². The van der Waals surface area contributed by atoms with E-state index in [9.17, 15) is 9.59 Å². The van der Waals surface area contributed by atoms with Crippen LogP contribution in [-0.4, -0.2) is 48.1 Å². The number of nitrogens with one attached hydrogen (secondary N) is 1. The van der Waals surface area contributed by atoms with Crippen LogP contribution in [0.5, 0.6) is 5.75 Å². The van der Waals surface area contributed by atoms with Crippen LogP contribution in [0.4, 0.5) is 5.69 Å². The van der Waals surface area contributed by atoms with Crippen molar-refractivity contribution in [2.24, 2.45) is 0 Å². The summed E-state index contributed by atoms with van der Waals surface area (Å²) >= 11 is 0. The summed E-state index contributed by atoms with van der Waals surface area (Å²) in [4.78, 5) is 24.4. The van der Waals surface area contributed by atoms with Crippen LogP contribution in [-0.2, 0) is 4.79 Å². The number of nitrogens with zero attached hydrogens (tertiary/aromatic N) is 1. The fourth-order valence-corrected chi connectivity index (χ4v) is 1.92. The van der Waals surface area contributed by atoms with E-state index in [1.54, 1.807) is 6.07 Å². The molecule has 0 aliphatic heterocycles. The summed E-state index contributed by atoms with van der Waals surface area (Å²) < 4.78 is 5.58. The Kier molecular flexibility index (Phi) is 6.68. The Morgan fingerprint density at radius 3 is 2.48 bits per heavy atom. The minimum Gasteiger partial charge on any atom is -0.491 e. The summed E-state index contributed by atoms with van der Waals surface area (Å²) in [5.41, 5.74) is 0.606. The van der Waals surface area contributed by atoms with E-state index in [1.165, 1.54) is 19.1 Å². The van der Waals surface area contributed by atoms with E-state index >= 15 is 0 Å². The Labute approximate surface area is 124 Å². The van der Waals surface area contributed by atoms with Gasteiger partial charge in [0.2, 0.25) is 5.91 Å². The number of carbonyl (C=O) groups excluding carboxylic acids is 1. The molecule has 0 atom stereocenters. The van der Waals surface area contributed by atoms with Gasteiger partial charge in [-0.1, -0.05) is 13.8 Å². The number of ether oxygens (including phenoxy) is 1. The highest BCUT2D eigenvalue weighted by Crippen LogP contribution is 2.23. The molecule has 0 saturated carbocycles. The second kappa shape index (κ2) is 8.26. The number of likely N-dealkylation sites (N-methyl/N-ethyl adjacent to an activating group) is 1. The molecule has 0 fully saturated rings. The summed E-state index contributed by atoms with van der Waals surface area (Å²) in [6.07, 6.45) is 0. The van der Waals surface area contributed by atoms with Crippen molar-refractivity contribution >= 4 is 17.6 Å². The predicted octanol–water partition coefficient (Wildman–Crippen LogP) is 2.06. The molecule has 0 spiro atoms. The molecule has 0 unspecified atom stereocenters. The lowest BCUT2D eigenvalue weighted by Crippen LogP contribution is -2.28. The van der Waals surface area contributed by atoms with Crippen molar-refractivity contribution in [1.82, 2.24) is 4.90 Å². The highest BCUT2D eigenvalue weighted by atomic mass is 16.5. The third-order valence-electron chi connectivity index (χ3n) is 3.09. The van der Waals surface area contributed by atoms with E-state index in [4.69, 9.17) is 9.84 Å². The molecule has 6 heteroatoms. The van der Waals surface area contributed by atoms with E-state index < -0.39 is 5.97 Å². The molecular weight excluding hydrogens is 272 g/mol. The number of carbonyl (C=O) groups is 2. The van der Waals surface area contributed by atoms with Gasteiger partial charge in [-0.2, -0.15) is 0 Å². The van der Waals surface area contributed by atoms with Crippen LogP contribution in [0.1, 0.15) is 31.1 Å². The van der Waals surface area contributed by atoms with Gasteiger partial charge < -0.3 is 20.1 Å². The predicted molar refractivity (Wildman–Crippen MR) is 81.0 cm³/mol. The molecule has 2 N–H and O–H groups in total. The van der Waals surface area contributed by atoms with E-state index in [2.05, 4.69) is 24.1 Å². The average molecular weight is 294 g/mol. The van der Waals surface area contributed by atoms with Crippen molar-refractivity contribution in [2.45, 2.75) is 20.8 Å². The van der Waals surface area contributed by atoms with Gasteiger partial charge in [0.05, 0.1) is 0 Å². The van der Waals surface area contributed by atoms with Crippen LogP contribution in [0.3, 0.4) is 0 Å². The number of aromatic carboxylic acids is 1. The van der Waals surface area contributed by atoms with E-state index in [0.29, 0.717) is 12.3 Å². The van der Waals surface area contributed by atoms with Gasteiger partial charge in [-0.15, -0.1) is 0 Å². The van der Waals surface area contributed by atoms with Crippen LogP contribution in [0.15, 0.2) is 18.2 Å². The van der Waals surface area contributed by atoms with Crippen LogP contribution in [0, 0.1) is 0 Å². The van der Waals surface area contributed by atoms with E-state index in [1.807, 2.05) is 0 Å². The van der Waals surface area contributed by atoms with Crippen LogP contribution in [0.2, 0.25) is 0 Å². The molecule has 1 rings (SSSR count). The molecule has 1 aromatic rings. The second-order valence-electron chi connectivity index (χ2n) is 4.57. The molecule has 0 aliphatic carbocycles. The molecule has 0 aliphatic rings. The van der Waals surface area contributed by atoms with E-state index in [-0.39, 0.29) is 17.2 Å². The quantitative estimate of drug-likeness (QED) is 0.767. The van der Waals surface area contributed by atoms with Gasteiger partial charge in [0.15, 0.2) is 0 Å². The number of carboxylic acids is 1. The van der Waals surface area contributed by atoms with Crippen LogP contribution >= 0.6 is 0 Å². The Bertz CT molecular complexity index is 498. The number of rotatable bonds is 8. The highest BCUT2D eigenvalue weighted by molar-refractivity contribution is 5.93. The first-order valence-corrected chi connectivity index (χ1v) is 6.98. The number of hydrogen-bond acceptors (Lipinski definition) is 4. The van der Waals surface area contributed by atoms with Crippen molar-refractivity contribution in [2.75, 3.05) is 31.6 Å². The zero-order chi connectivity index (χ0) is 15.8. The lowest BCUT2D eigenvalue weighted by atomic mass is 10.2. The number of carboxylic acid groups (broad SMARTS) is 1. The van der Waals surface area contributed by atoms with Crippen molar-refractivity contribution < 1.29 is 19.4 Å². The molecule has 0 radical (unpaired) electrons. The first kappa shape index (κ1) is 17.0. The van der Waals surface area contributed by atoms with Crippen molar-refractivity contribution in [1.29, 1.82) is 0 Å². The maximum atomic E-state index is 11.2. The Morgan fingerprint density at radius 2 is 1.95 bits per heavy atom. The minimum absolute atomic E-state index is 0.0867. The van der Waals surface area contributed by atoms with Crippen molar-refractivity contribution in [3.8, 4) is 5.75 Å². The summed E-state index contributed by atoms with van der Waals surface area (Å²) in [5, 5.41) is 11.8. The second-order valence-corrected chi connectivity index (χ2v) is 4.57. The van der Waals surface area contributed by atoms with Crippen molar-refractivity contribution in [3.05, 3.63) is 23.8 Å². The Morgan fingerprint density at radius 1 is 1.29 bits per heavy atom. The topological polar surface area (TPSA) is 78.9 Å². The molecule has 0 heterocycles. The van der Waals surface area contributed by atoms with Gasteiger partial charge in [0.25, 0.3) is 0 Å². The van der Waals surface area contributed by atoms with Gasteiger partial charge in [-0.25, -0.2) is 4.79 Å². The molecule has 116 valence electrons. The van der Waals surface area contributed by atoms with Crippen LogP contribution < -0.4 is 10.1 Å². The standard InChI is InChI=1S/C15H22N2O4/c1-4-17(5-2)8-9-21-14-10-12(16-11(3)18)6-7-13(14)15(19)20/h6-7,10H,4-5,8-9H2,1-3H3,(H,16,18)(H,19,20). The van der Waals surface area contributed by atoms with Gasteiger partial charge in [0.1, 0.15) is 17.9 Å². The third kappa shape index (κ3) is 5.43. The highest BCUT2D eigenvalue weighted by Gasteiger charge is 2.13. The van der Waals surface area contributed by atoms with Gasteiger partial charge >= 0.3 is 5.97 Å². The first-order valence-electron chi connectivity index (χ1n) is 6.98. The molecular formula is C15H22N2O4. The molecule has 0 saturated heterocycles. The summed E-state index contributed by atoms with van der Waals surface area (Å²) in [7, 11) is 0. The first-order chi connectivity index (χ1) is 9.97. The molecule has 0 bridgehead atoms. The molecule has 6 nitrogen and oxygen atoms in total. The third-order valence-corrected chi connectivity index (χ3v) is 3.09. The summed E-state index contributed by atoms with van der Waals surface area (Å²) in [5.74, 6) is -1.00.